The van der Waals surface area contributed by atoms with Crippen molar-refractivity contribution < 1.29 is 0 Å². The van der Waals surface area contributed by atoms with Crippen LogP contribution >= 0.6 is 23.1 Å². The van der Waals surface area contributed by atoms with Crippen LogP contribution in [0.4, 0.5) is 0 Å². The molecule has 5 heteroatoms. The number of thioether (sulfide) groups is 1. The molecule has 0 aliphatic carbocycles. The van der Waals surface area contributed by atoms with Crippen LogP contribution in [0, 0.1) is 0 Å². The van der Waals surface area contributed by atoms with Crippen molar-refractivity contribution in [1.29, 1.82) is 0 Å². The fourth-order valence-electron chi connectivity index (χ4n) is 2.23. The standard InChI is InChI=1S/C14H23N3S2/c1-14(6-3-8-19-14)11-17-13(15-2)16-7-4-12-5-9-18-10-12/h5,9-10H,3-4,6-8,11H2,1-2H3,(H2,15,16,17). The zero-order chi connectivity index (χ0) is 13.6. The molecule has 1 aliphatic rings. The van der Waals surface area contributed by atoms with E-state index < -0.39 is 0 Å². The summed E-state index contributed by atoms with van der Waals surface area (Å²) in [6.45, 7) is 4.27. The molecular weight excluding hydrogens is 274 g/mol. The number of thiophene rings is 1. The van der Waals surface area contributed by atoms with Crippen LogP contribution < -0.4 is 10.6 Å². The van der Waals surface area contributed by atoms with E-state index in [9.17, 15) is 0 Å². The van der Waals surface area contributed by atoms with Gasteiger partial charge in [0.2, 0.25) is 0 Å². The van der Waals surface area contributed by atoms with Crippen molar-refractivity contribution in [1.82, 2.24) is 10.6 Å². The minimum atomic E-state index is 0.380. The summed E-state index contributed by atoms with van der Waals surface area (Å²) in [6, 6.07) is 2.18. The number of hydrogen-bond donors (Lipinski definition) is 2. The minimum absolute atomic E-state index is 0.380. The van der Waals surface area contributed by atoms with Crippen molar-refractivity contribution in [3.8, 4) is 0 Å². The van der Waals surface area contributed by atoms with Crippen LogP contribution in [0.1, 0.15) is 25.3 Å². The molecular formula is C14H23N3S2. The number of rotatable bonds is 5. The lowest BCUT2D eigenvalue weighted by Gasteiger charge is -2.24. The first-order valence-corrected chi connectivity index (χ1v) is 8.74. The van der Waals surface area contributed by atoms with Crippen molar-refractivity contribution in [2.45, 2.75) is 30.9 Å². The predicted molar refractivity (Wildman–Crippen MR) is 87.5 cm³/mol. The van der Waals surface area contributed by atoms with Gasteiger partial charge in [-0.3, -0.25) is 4.99 Å². The summed E-state index contributed by atoms with van der Waals surface area (Å²) < 4.78 is 0.380. The summed E-state index contributed by atoms with van der Waals surface area (Å²) in [4.78, 5) is 4.29. The van der Waals surface area contributed by atoms with Crippen LogP contribution in [0.5, 0.6) is 0 Å². The van der Waals surface area contributed by atoms with E-state index in [-0.39, 0.29) is 0 Å². The van der Waals surface area contributed by atoms with Crippen LogP contribution in [-0.4, -0.2) is 36.6 Å². The monoisotopic (exact) mass is 297 g/mol. The van der Waals surface area contributed by atoms with Gasteiger partial charge >= 0.3 is 0 Å². The topological polar surface area (TPSA) is 36.4 Å². The molecule has 0 aromatic carbocycles. The van der Waals surface area contributed by atoms with Gasteiger partial charge in [0.15, 0.2) is 5.96 Å². The van der Waals surface area contributed by atoms with Crippen LogP contribution in [0.3, 0.4) is 0 Å². The average molecular weight is 297 g/mol. The molecule has 1 unspecified atom stereocenters. The van der Waals surface area contributed by atoms with Crippen LogP contribution in [0.15, 0.2) is 21.8 Å². The molecule has 19 heavy (non-hydrogen) atoms. The van der Waals surface area contributed by atoms with Crippen LogP contribution in [-0.2, 0) is 6.42 Å². The zero-order valence-electron chi connectivity index (χ0n) is 11.7. The highest BCUT2D eigenvalue weighted by molar-refractivity contribution is 8.00. The number of hydrogen-bond acceptors (Lipinski definition) is 3. The van der Waals surface area contributed by atoms with Gasteiger partial charge in [0.1, 0.15) is 0 Å². The molecule has 0 bridgehead atoms. The third-order valence-corrected chi connectivity index (χ3v) is 5.71. The number of guanidine groups is 1. The van der Waals surface area contributed by atoms with Crippen molar-refractivity contribution in [3.05, 3.63) is 22.4 Å². The highest BCUT2D eigenvalue weighted by Gasteiger charge is 2.29. The molecule has 0 saturated carbocycles. The molecule has 2 heterocycles. The third kappa shape index (κ3) is 4.73. The highest BCUT2D eigenvalue weighted by Crippen LogP contribution is 2.36. The van der Waals surface area contributed by atoms with Crippen molar-refractivity contribution in [2.75, 3.05) is 25.9 Å². The first kappa shape index (κ1) is 14.7. The van der Waals surface area contributed by atoms with Crippen molar-refractivity contribution in [2.24, 2.45) is 4.99 Å². The molecule has 1 aromatic heterocycles. The minimum Gasteiger partial charge on any atom is -0.356 e. The number of aliphatic imine (C=N–C) groups is 1. The van der Waals surface area contributed by atoms with Gasteiger partial charge in [0, 0.05) is 24.9 Å². The van der Waals surface area contributed by atoms with Gasteiger partial charge in [-0.05, 0) is 54.3 Å². The van der Waals surface area contributed by atoms with Crippen molar-refractivity contribution in [3.63, 3.8) is 0 Å². The molecule has 0 spiro atoms. The highest BCUT2D eigenvalue weighted by atomic mass is 32.2. The van der Waals surface area contributed by atoms with Gasteiger partial charge in [0.05, 0.1) is 0 Å². The summed E-state index contributed by atoms with van der Waals surface area (Å²) in [6.07, 6.45) is 3.69. The largest absolute Gasteiger partial charge is 0.356 e. The molecule has 1 aromatic rings. The zero-order valence-corrected chi connectivity index (χ0v) is 13.4. The molecule has 1 saturated heterocycles. The van der Waals surface area contributed by atoms with Gasteiger partial charge in [-0.1, -0.05) is 0 Å². The number of nitrogens with one attached hydrogen (secondary N) is 2. The van der Waals surface area contributed by atoms with Gasteiger partial charge < -0.3 is 10.6 Å². The van der Waals surface area contributed by atoms with Gasteiger partial charge in [-0.15, -0.1) is 0 Å². The Morgan fingerprint density at radius 1 is 1.47 bits per heavy atom. The molecule has 106 valence electrons. The summed E-state index contributed by atoms with van der Waals surface area (Å²) in [5.41, 5.74) is 1.39. The first-order chi connectivity index (χ1) is 9.22. The second kappa shape index (κ2) is 7.20. The van der Waals surface area contributed by atoms with Gasteiger partial charge in [0.25, 0.3) is 0 Å². The third-order valence-electron chi connectivity index (χ3n) is 3.44. The Bertz CT molecular complexity index is 395. The van der Waals surface area contributed by atoms with E-state index >= 15 is 0 Å². The summed E-state index contributed by atoms with van der Waals surface area (Å²) in [5.74, 6) is 2.21. The fraction of sp³-hybridized carbons (Fsp3) is 0.643. The van der Waals surface area contributed by atoms with E-state index in [4.69, 9.17) is 0 Å². The second-order valence-electron chi connectivity index (χ2n) is 5.14. The van der Waals surface area contributed by atoms with Crippen LogP contribution in [0.25, 0.3) is 0 Å². The smallest absolute Gasteiger partial charge is 0.191 e. The second-order valence-corrected chi connectivity index (χ2v) is 7.60. The molecule has 2 rings (SSSR count). The van der Waals surface area contributed by atoms with E-state index in [0.717, 1.165) is 25.5 Å². The molecule has 3 nitrogen and oxygen atoms in total. The Morgan fingerprint density at radius 2 is 2.37 bits per heavy atom. The van der Waals surface area contributed by atoms with E-state index in [1.165, 1.54) is 24.2 Å². The Labute approximate surface area is 124 Å². The predicted octanol–water partition coefficient (Wildman–Crippen LogP) is 2.74. The SMILES string of the molecule is CN=C(NCCc1ccsc1)NCC1(C)CCCS1. The average Bonchev–Trinajstić information content (AvgIpc) is 3.06. The Kier molecular flexibility index (Phi) is 5.58. The Balaban J connectivity index is 1.68. The quantitative estimate of drug-likeness (QED) is 0.648. The maximum atomic E-state index is 4.29. The lowest BCUT2D eigenvalue weighted by atomic mass is 10.1. The van der Waals surface area contributed by atoms with E-state index in [0.29, 0.717) is 4.75 Å². The number of nitrogens with zero attached hydrogens (tertiary/aromatic N) is 1. The normalized spacial score (nSPS) is 23.6. The molecule has 0 radical (unpaired) electrons. The van der Waals surface area contributed by atoms with Gasteiger partial charge in [-0.2, -0.15) is 23.1 Å². The van der Waals surface area contributed by atoms with Crippen molar-refractivity contribution >= 4 is 29.1 Å². The Hall–Kier alpha value is -0.680. The molecule has 0 amide bonds. The van der Waals surface area contributed by atoms with Crippen LogP contribution in [0.2, 0.25) is 0 Å². The summed E-state index contributed by atoms with van der Waals surface area (Å²) in [5, 5.41) is 11.2. The maximum absolute atomic E-state index is 4.29. The first-order valence-electron chi connectivity index (χ1n) is 6.81. The Morgan fingerprint density at radius 3 is 3.00 bits per heavy atom. The molecule has 1 fully saturated rings. The lowest BCUT2D eigenvalue weighted by Crippen LogP contribution is -2.44. The molecule has 1 aliphatic heterocycles. The maximum Gasteiger partial charge on any atom is 0.191 e. The molecule has 2 N–H and O–H groups in total. The van der Waals surface area contributed by atoms with Gasteiger partial charge in [-0.25, -0.2) is 0 Å². The van der Waals surface area contributed by atoms with E-state index in [2.05, 4.69) is 51.1 Å². The molecule has 1 atom stereocenters. The fourth-order valence-corrected chi connectivity index (χ4v) is 4.18. The van der Waals surface area contributed by atoms with E-state index in [1.807, 2.05) is 7.05 Å². The summed E-state index contributed by atoms with van der Waals surface area (Å²) in [7, 11) is 1.84. The summed E-state index contributed by atoms with van der Waals surface area (Å²) >= 11 is 3.83. The lowest BCUT2D eigenvalue weighted by molar-refractivity contribution is 0.584. The van der Waals surface area contributed by atoms with E-state index in [1.54, 1.807) is 11.3 Å².